The molecule has 0 aromatic carbocycles. The minimum absolute atomic E-state index is 0.362. The third-order valence-corrected chi connectivity index (χ3v) is 3.52. The molecule has 1 aromatic rings. The molecule has 2 heterocycles. The van der Waals surface area contributed by atoms with Crippen LogP contribution >= 0.6 is 11.8 Å². The highest BCUT2D eigenvalue weighted by atomic mass is 32.2. The molecular weight excluding hydrogens is 186 g/mol. The molecule has 5 heteroatoms. The quantitative estimate of drug-likeness (QED) is 0.785. The van der Waals surface area contributed by atoms with Crippen molar-refractivity contribution < 1.29 is 4.52 Å². The fourth-order valence-electron chi connectivity index (χ4n) is 1.46. The molecule has 1 fully saturated rings. The molecule has 4 nitrogen and oxygen atoms in total. The van der Waals surface area contributed by atoms with E-state index in [0.29, 0.717) is 17.6 Å². The van der Waals surface area contributed by atoms with Crippen LogP contribution in [0.25, 0.3) is 0 Å². The van der Waals surface area contributed by atoms with Crippen LogP contribution in [0.15, 0.2) is 4.52 Å². The lowest BCUT2D eigenvalue weighted by molar-refractivity contribution is 0.371. The Morgan fingerprint density at radius 3 is 3.15 bits per heavy atom. The zero-order valence-electron chi connectivity index (χ0n) is 7.40. The Kier molecular flexibility index (Phi) is 2.85. The summed E-state index contributed by atoms with van der Waals surface area (Å²) in [6.45, 7) is 0.362. The maximum atomic E-state index is 5.38. The SMILES string of the molecule is NCc1noc(CC2CCCS2)n1. The second-order valence-corrected chi connectivity index (χ2v) is 4.56. The van der Waals surface area contributed by atoms with Crippen molar-refractivity contribution in [3.63, 3.8) is 0 Å². The molecule has 1 unspecified atom stereocenters. The summed E-state index contributed by atoms with van der Waals surface area (Å²) >= 11 is 2.00. The number of hydrogen-bond acceptors (Lipinski definition) is 5. The van der Waals surface area contributed by atoms with Crippen LogP contribution in [0.2, 0.25) is 0 Å². The van der Waals surface area contributed by atoms with E-state index in [1.807, 2.05) is 11.8 Å². The second kappa shape index (κ2) is 4.11. The highest BCUT2D eigenvalue weighted by Gasteiger charge is 2.18. The van der Waals surface area contributed by atoms with E-state index in [2.05, 4.69) is 10.1 Å². The third kappa shape index (κ3) is 2.22. The van der Waals surface area contributed by atoms with Gasteiger partial charge >= 0.3 is 0 Å². The van der Waals surface area contributed by atoms with Gasteiger partial charge < -0.3 is 10.3 Å². The van der Waals surface area contributed by atoms with Gasteiger partial charge in [0.25, 0.3) is 0 Å². The van der Waals surface area contributed by atoms with Gasteiger partial charge in [-0.15, -0.1) is 0 Å². The number of rotatable bonds is 3. The van der Waals surface area contributed by atoms with E-state index in [1.165, 1.54) is 18.6 Å². The lowest BCUT2D eigenvalue weighted by Gasteiger charge is -2.01. The van der Waals surface area contributed by atoms with E-state index in [4.69, 9.17) is 10.3 Å². The fourth-order valence-corrected chi connectivity index (χ4v) is 2.72. The normalized spacial score (nSPS) is 22.4. The van der Waals surface area contributed by atoms with E-state index in [1.54, 1.807) is 0 Å². The maximum Gasteiger partial charge on any atom is 0.227 e. The van der Waals surface area contributed by atoms with Crippen LogP contribution in [0.1, 0.15) is 24.6 Å². The molecule has 1 atom stereocenters. The van der Waals surface area contributed by atoms with Crippen molar-refractivity contribution in [2.24, 2.45) is 5.73 Å². The first-order valence-electron chi connectivity index (χ1n) is 4.51. The van der Waals surface area contributed by atoms with Crippen LogP contribution in [-0.4, -0.2) is 21.1 Å². The number of thioether (sulfide) groups is 1. The Morgan fingerprint density at radius 2 is 2.54 bits per heavy atom. The van der Waals surface area contributed by atoms with Crippen LogP contribution < -0.4 is 5.73 Å². The molecule has 0 aliphatic carbocycles. The highest BCUT2D eigenvalue weighted by Crippen LogP contribution is 2.28. The van der Waals surface area contributed by atoms with E-state index in [-0.39, 0.29) is 0 Å². The van der Waals surface area contributed by atoms with Crippen molar-refractivity contribution in [2.45, 2.75) is 31.1 Å². The Labute approximate surface area is 81.3 Å². The van der Waals surface area contributed by atoms with Crippen LogP contribution in [-0.2, 0) is 13.0 Å². The molecule has 0 radical (unpaired) electrons. The van der Waals surface area contributed by atoms with Gasteiger partial charge in [0, 0.05) is 11.7 Å². The highest BCUT2D eigenvalue weighted by molar-refractivity contribution is 8.00. The summed E-state index contributed by atoms with van der Waals surface area (Å²) in [6, 6.07) is 0. The molecule has 1 aromatic heterocycles. The van der Waals surface area contributed by atoms with Crippen molar-refractivity contribution in [3.05, 3.63) is 11.7 Å². The van der Waals surface area contributed by atoms with Gasteiger partial charge in [0.2, 0.25) is 5.89 Å². The fraction of sp³-hybridized carbons (Fsp3) is 0.750. The van der Waals surface area contributed by atoms with Crippen LogP contribution in [0.5, 0.6) is 0 Å². The molecule has 13 heavy (non-hydrogen) atoms. The second-order valence-electron chi connectivity index (χ2n) is 3.15. The molecule has 1 aliphatic heterocycles. The van der Waals surface area contributed by atoms with Gasteiger partial charge in [-0.3, -0.25) is 0 Å². The van der Waals surface area contributed by atoms with E-state index in [9.17, 15) is 0 Å². The van der Waals surface area contributed by atoms with Gasteiger partial charge in [-0.25, -0.2) is 0 Å². The van der Waals surface area contributed by atoms with Crippen molar-refractivity contribution in [3.8, 4) is 0 Å². The van der Waals surface area contributed by atoms with Crippen molar-refractivity contribution in [1.29, 1.82) is 0 Å². The molecule has 1 saturated heterocycles. The molecule has 0 amide bonds. The molecule has 72 valence electrons. The minimum atomic E-state index is 0.362. The number of aromatic nitrogens is 2. The third-order valence-electron chi connectivity index (χ3n) is 2.12. The van der Waals surface area contributed by atoms with Gasteiger partial charge in [0.15, 0.2) is 5.82 Å². The zero-order valence-corrected chi connectivity index (χ0v) is 8.22. The summed E-state index contributed by atoms with van der Waals surface area (Å²) in [7, 11) is 0. The number of nitrogens with two attached hydrogens (primary N) is 1. The lowest BCUT2D eigenvalue weighted by atomic mass is 10.2. The summed E-state index contributed by atoms with van der Waals surface area (Å²) in [5.74, 6) is 2.61. The Hall–Kier alpha value is -0.550. The Morgan fingerprint density at radius 1 is 1.62 bits per heavy atom. The summed E-state index contributed by atoms with van der Waals surface area (Å²) in [5, 5.41) is 4.43. The van der Waals surface area contributed by atoms with Crippen molar-refractivity contribution in [1.82, 2.24) is 10.1 Å². The van der Waals surface area contributed by atoms with Gasteiger partial charge in [0.1, 0.15) is 0 Å². The molecule has 0 spiro atoms. The summed E-state index contributed by atoms with van der Waals surface area (Å²) in [4.78, 5) is 4.18. The summed E-state index contributed by atoms with van der Waals surface area (Å²) < 4.78 is 5.06. The van der Waals surface area contributed by atoms with E-state index in [0.717, 1.165) is 12.3 Å². The Bertz CT molecular complexity index is 270. The van der Waals surface area contributed by atoms with E-state index < -0.39 is 0 Å². The molecule has 2 rings (SSSR count). The predicted octanol–water partition coefficient (Wildman–Crippen LogP) is 0.966. The molecule has 0 saturated carbocycles. The standard InChI is InChI=1S/C8H13N3OS/c9-5-7-10-8(12-11-7)4-6-2-1-3-13-6/h6H,1-5,9H2. The van der Waals surface area contributed by atoms with Crippen LogP contribution in [0.3, 0.4) is 0 Å². The summed E-state index contributed by atoms with van der Waals surface area (Å²) in [6.07, 6.45) is 3.48. The first-order valence-corrected chi connectivity index (χ1v) is 5.56. The van der Waals surface area contributed by atoms with Crippen molar-refractivity contribution in [2.75, 3.05) is 5.75 Å². The maximum absolute atomic E-state index is 5.38. The molecule has 2 N–H and O–H groups in total. The number of nitrogens with zero attached hydrogens (tertiary/aromatic N) is 2. The molecule has 0 bridgehead atoms. The number of hydrogen-bond donors (Lipinski definition) is 1. The first-order chi connectivity index (χ1) is 6.38. The topological polar surface area (TPSA) is 64.9 Å². The predicted molar refractivity (Wildman–Crippen MR) is 51.4 cm³/mol. The minimum Gasteiger partial charge on any atom is -0.339 e. The van der Waals surface area contributed by atoms with Gasteiger partial charge in [0.05, 0.1) is 6.54 Å². The van der Waals surface area contributed by atoms with E-state index >= 15 is 0 Å². The monoisotopic (exact) mass is 199 g/mol. The first kappa shape index (κ1) is 9.02. The largest absolute Gasteiger partial charge is 0.339 e. The van der Waals surface area contributed by atoms with Crippen LogP contribution in [0.4, 0.5) is 0 Å². The van der Waals surface area contributed by atoms with Gasteiger partial charge in [-0.2, -0.15) is 16.7 Å². The van der Waals surface area contributed by atoms with Gasteiger partial charge in [-0.05, 0) is 18.6 Å². The average molecular weight is 199 g/mol. The Balaban J connectivity index is 1.92. The van der Waals surface area contributed by atoms with Crippen LogP contribution in [0, 0.1) is 0 Å². The van der Waals surface area contributed by atoms with Crippen molar-refractivity contribution >= 4 is 11.8 Å². The summed E-state index contributed by atoms with van der Waals surface area (Å²) in [5.41, 5.74) is 5.38. The molecule has 1 aliphatic rings. The average Bonchev–Trinajstić information content (AvgIpc) is 2.76. The smallest absolute Gasteiger partial charge is 0.227 e. The van der Waals surface area contributed by atoms with Gasteiger partial charge in [-0.1, -0.05) is 5.16 Å². The lowest BCUT2D eigenvalue weighted by Crippen LogP contribution is -2.03. The molecular formula is C8H13N3OS. The zero-order chi connectivity index (χ0) is 9.10.